The molecule has 2 N–H and O–H groups in total. The molecule has 194 valence electrons. The van der Waals surface area contributed by atoms with Crippen LogP contribution in [0.4, 0.5) is 4.39 Å². The van der Waals surface area contributed by atoms with Crippen molar-refractivity contribution in [3.8, 4) is 22.5 Å². The summed E-state index contributed by atoms with van der Waals surface area (Å²) in [5.74, 6) is -0.257. The van der Waals surface area contributed by atoms with Crippen molar-refractivity contribution in [3.63, 3.8) is 0 Å². The Morgan fingerprint density at radius 1 is 0.974 bits per heavy atom. The van der Waals surface area contributed by atoms with Crippen LogP contribution in [-0.4, -0.2) is 49.7 Å². The van der Waals surface area contributed by atoms with Crippen molar-refractivity contribution < 1.29 is 4.39 Å². The van der Waals surface area contributed by atoms with Gasteiger partial charge in [0.2, 0.25) is 0 Å². The summed E-state index contributed by atoms with van der Waals surface area (Å²) in [5.41, 5.74) is 10.1. The molecule has 5 heterocycles. The lowest BCUT2D eigenvalue weighted by Crippen LogP contribution is -2.22. The van der Waals surface area contributed by atoms with Crippen molar-refractivity contribution >= 4 is 27.5 Å². The Kier molecular flexibility index (Phi) is 5.93. The number of benzene rings is 1. The smallest absolute Gasteiger partial charge is 0.181 e. The number of rotatable bonds is 5. The van der Waals surface area contributed by atoms with Gasteiger partial charge >= 0.3 is 0 Å². The number of H-pyrrole nitrogens is 2. The molecule has 1 fully saturated rings. The van der Waals surface area contributed by atoms with E-state index in [0.717, 1.165) is 63.8 Å². The standard InChI is InChI=1S/C32H29FN6/c1-20-4-5-23(13-21(12-20)19-39-10-2-3-11-39)24-14-27-31(37-38-32(27)35-16-24)29-15-26-28(17-34-18-30(26)36-29)22-6-8-25(33)9-7-22/h5-9,13-18,36H,1-4,10-12,19H2,(H,35,37,38). The first kappa shape index (κ1) is 23.7. The van der Waals surface area contributed by atoms with Crippen LogP contribution in [0.25, 0.3) is 50.0 Å². The molecule has 0 saturated carbocycles. The Hall–Kier alpha value is -4.36. The number of hydrogen-bond donors (Lipinski definition) is 2. The molecule has 0 atom stereocenters. The minimum Gasteiger partial charge on any atom is -0.352 e. The molecule has 1 aliphatic carbocycles. The van der Waals surface area contributed by atoms with Crippen molar-refractivity contribution in [2.24, 2.45) is 0 Å². The Morgan fingerprint density at radius 2 is 1.82 bits per heavy atom. The zero-order valence-electron chi connectivity index (χ0n) is 21.7. The van der Waals surface area contributed by atoms with Crippen LogP contribution < -0.4 is 0 Å². The summed E-state index contributed by atoms with van der Waals surface area (Å²) in [6.45, 7) is 7.67. The molecule has 0 amide bonds. The quantitative estimate of drug-likeness (QED) is 0.245. The first-order valence-electron chi connectivity index (χ1n) is 13.5. The molecule has 1 saturated heterocycles. The molecule has 7 heteroatoms. The van der Waals surface area contributed by atoms with E-state index in [1.807, 2.05) is 18.6 Å². The van der Waals surface area contributed by atoms with Gasteiger partial charge in [0.25, 0.3) is 0 Å². The topological polar surface area (TPSA) is 73.5 Å². The molecule has 2 aliphatic rings. The van der Waals surface area contributed by atoms with Gasteiger partial charge in [0.15, 0.2) is 5.65 Å². The lowest BCUT2D eigenvalue weighted by molar-refractivity contribution is 0.366. The minimum atomic E-state index is -0.257. The number of fused-ring (bicyclic) bond motifs is 2. The highest BCUT2D eigenvalue weighted by atomic mass is 19.1. The predicted octanol–water partition coefficient (Wildman–Crippen LogP) is 7.06. The number of nitrogens with one attached hydrogen (secondary N) is 2. The summed E-state index contributed by atoms with van der Waals surface area (Å²) in [6, 6.07) is 10.8. The Balaban J connectivity index is 1.27. The van der Waals surface area contributed by atoms with Gasteiger partial charge in [-0.15, -0.1) is 0 Å². The maximum absolute atomic E-state index is 13.5. The van der Waals surface area contributed by atoms with Gasteiger partial charge in [0.1, 0.15) is 5.82 Å². The lowest BCUT2D eigenvalue weighted by atomic mass is 10.0. The van der Waals surface area contributed by atoms with E-state index in [-0.39, 0.29) is 5.82 Å². The molecule has 0 bridgehead atoms. The van der Waals surface area contributed by atoms with E-state index in [9.17, 15) is 4.39 Å². The summed E-state index contributed by atoms with van der Waals surface area (Å²) in [7, 11) is 0. The normalized spacial score (nSPS) is 16.6. The number of halogens is 1. The van der Waals surface area contributed by atoms with E-state index >= 15 is 0 Å². The van der Waals surface area contributed by atoms with Crippen molar-refractivity contribution in [3.05, 3.63) is 96.2 Å². The Morgan fingerprint density at radius 3 is 2.67 bits per heavy atom. The van der Waals surface area contributed by atoms with Crippen molar-refractivity contribution in [2.75, 3.05) is 19.6 Å². The molecule has 0 spiro atoms. The third-order valence-electron chi connectivity index (χ3n) is 7.79. The molecule has 4 aromatic heterocycles. The summed E-state index contributed by atoms with van der Waals surface area (Å²) in [4.78, 5) is 15.2. The number of aromatic nitrogens is 5. The highest BCUT2D eigenvalue weighted by Gasteiger charge is 2.18. The molecule has 6 nitrogen and oxygen atoms in total. The number of hydrogen-bond acceptors (Lipinski definition) is 4. The molecule has 1 aromatic carbocycles. The maximum atomic E-state index is 13.5. The Labute approximate surface area is 226 Å². The van der Waals surface area contributed by atoms with Gasteiger partial charge in [-0.05, 0) is 74.2 Å². The van der Waals surface area contributed by atoms with Crippen molar-refractivity contribution in [2.45, 2.75) is 25.7 Å². The lowest BCUT2D eigenvalue weighted by Gasteiger charge is -2.17. The van der Waals surface area contributed by atoms with Crippen LogP contribution in [-0.2, 0) is 0 Å². The monoisotopic (exact) mass is 516 g/mol. The van der Waals surface area contributed by atoms with Crippen LogP contribution in [0.15, 0.2) is 84.9 Å². The second-order valence-corrected chi connectivity index (χ2v) is 10.6. The van der Waals surface area contributed by atoms with Crippen LogP contribution in [0, 0.1) is 5.82 Å². The average molecular weight is 517 g/mol. The predicted molar refractivity (Wildman–Crippen MR) is 154 cm³/mol. The molecule has 1 aliphatic heterocycles. The Bertz CT molecular complexity index is 1770. The van der Waals surface area contributed by atoms with Gasteiger partial charge in [-0.2, -0.15) is 5.10 Å². The first-order valence-corrected chi connectivity index (χ1v) is 13.5. The fraction of sp³-hybridized carbons (Fsp3) is 0.219. The van der Waals surface area contributed by atoms with E-state index in [1.165, 1.54) is 54.8 Å². The van der Waals surface area contributed by atoms with Crippen molar-refractivity contribution in [1.29, 1.82) is 0 Å². The summed E-state index contributed by atoms with van der Waals surface area (Å²) in [6.07, 6.45) is 14.5. The first-order chi connectivity index (χ1) is 19.1. The molecule has 0 radical (unpaired) electrons. The number of allylic oxidation sites excluding steroid dienone is 4. The molecule has 5 aromatic rings. The van der Waals surface area contributed by atoms with E-state index in [4.69, 9.17) is 4.98 Å². The highest BCUT2D eigenvalue weighted by Crippen LogP contribution is 2.35. The number of pyridine rings is 2. The van der Waals surface area contributed by atoms with Gasteiger partial charge in [-0.1, -0.05) is 42.0 Å². The number of nitrogens with zero attached hydrogens (tertiary/aromatic N) is 4. The number of aromatic amines is 2. The SMILES string of the molecule is C=C1CC=C(c2cnc3n[nH]c(-c4cc5c(-c6ccc(F)cc6)cncc5[nH]4)c3c2)C=C(CN2CCCC2)C1. The zero-order chi connectivity index (χ0) is 26.3. The van der Waals surface area contributed by atoms with E-state index in [0.29, 0.717) is 5.65 Å². The summed E-state index contributed by atoms with van der Waals surface area (Å²) < 4.78 is 13.5. The van der Waals surface area contributed by atoms with Gasteiger partial charge in [0.05, 0.1) is 23.1 Å². The molecule has 7 rings (SSSR count). The molecular weight excluding hydrogens is 487 g/mol. The average Bonchev–Trinajstić information content (AvgIpc) is 3.68. The molecule has 39 heavy (non-hydrogen) atoms. The van der Waals surface area contributed by atoms with E-state index in [1.54, 1.807) is 12.1 Å². The third-order valence-corrected chi connectivity index (χ3v) is 7.79. The van der Waals surface area contributed by atoms with Crippen LogP contribution >= 0.6 is 0 Å². The zero-order valence-corrected chi connectivity index (χ0v) is 21.7. The second-order valence-electron chi connectivity index (χ2n) is 10.6. The molecule has 0 unspecified atom stereocenters. The minimum absolute atomic E-state index is 0.257. The molecular formula is C32H29FN6. The highest BCUT2D eigenvalue weighted by molar-refractivity contribution is 6.00. The van der Waals surface area contributed by atoms with Crippen molar-refractivity contribution in [1.82, 2.24) is 30.0 Å². The van der Waals surface area contributed by atoms with Gasteiger partial charge in [-0.25, -0.2) is 9.37 Å². The second kappa shape index (κ2) is 9.75. The van der Waals surface area contributed by atoms with Crippen LogP contribution in [0.3, 0.4) is 0 Å². The summed E-state index contributed by atoms with van der Waals surface area (Å²) >= 11 is 0. The third kappa shape index (κ3) is 4.59. The fourth-order valence-electron chi connectivity index (χ4n) is 5.82. The van der Waals surface area contributed by atoms with Crippen LogP contribution in [0.1, 0.15) is 31.2 Å². The summed E-state index contributed by atoms with van der Waals surface area (Å²) in [5, 5.41) is 9.65. The van der Waals surface area contributed by atoms with Crippen LogP contribution in [0.2, 0.25) is 0 Å². The number of likely N-dealkylation sites (tertiary alicyclic amines) is 1. The van der Waals surface area contributed by atoms with E-state index < -0.39 is 0 Å². The van der Waals surface area contributed by atoms with Gasteiger partial charge in [0, 0.05) is 40.8 Å². The fourth-order valence-corrected chi connectivity index (χ4v) is 5.82. The van der Waals surface area contributed by atoms with Gasteiger partial charge in [-0.3, -0.25) is 15.0 Å². The maximum Gasteiger partial charge on any atom is 0.181 e. The van der Waals surface area contributed by atoms with Crippen LogP contribution in [0.5, 0.6) is 0 Å². The van der Waals surface area contributed by atoms with Gasteiger partial charge < -0.3 is 4.98 Å². The van der Waals surface area contributed by atoms with E-state index in [2.05, 4.69) is 55.9 Å². The largest absolute Gasteiger partial charge is 0.352 e.